The maximum Gasteiger partial charge on any atom is 0.174 e. The number of halogens is 1. The highest BCUT2D eigenvalue weighted by Crippen LogP contribution is 2.35. The second kappa shape index (κ2) is 9.62. The second-order valence-corrected chi connectivity index (χ2v) is 8.01. The summed E-state index contributed by atoms with van der Waals surface area (Å²) in [5.74, 6) is 1.36. The fraction of sp³-hybridized carbons (Fsp3) is 0.160. The van der Waals surface area contributed by atoms with E-state index in [1.807, 2.05) is 49.4 Å². The van der Waals surface area contributed by atoms with Gasteiger partial charge in [0, 0.05) is 0 Å². The fourth-order valence-electron chi connectivity index (χ4n) is 2.88. The molecule has 0 spiro atoms. The molecular formula is C25H22INO2. The zero-order valence-corrected chi connectivity index (χ0v) is 18.9. The van der Waals surface area contributed by atoms with Gasteiger partial charge in [-0.15, -0.1) is 0 Å². The van der Waals surface area contributed by atoms with Crippen LogP contribution in [-0.2, 0) is 6.61 Å². The molecule has 29 heavy (non-hydrogen) atoms. The van der Waals surface area contributed by atoms with Crippen molar-refractivity contribution < 1.29 is 9.47 Å². The maximum absolute atomic E-state index is 9.61. The van der Waals surface area contributed by atoms with Crippen LogP contribution in [0.25, 0.3) is 11.6 Å². The van der Waals surface area contributed by atoms with E-state index in [0.717, 1.165) is 25.8 Å². The minimum absolute atomic E-state index is 0.467. The van der Waals surface area contributed by atoms with Crippen molar-refractivity contribution in [3.05, 3.63) is 92.1 Å². The zero-order valence-electron chi connectivity index (χ0n) is 16.7. The Bertz CT molecular complexity index is 1060. The lowest BCUT2D eigenvalue weighted by Crippen LogP contribution is -2.00. The van der Waals surface area contributed by atoms with Gasteiger partial charge in [0.05, 0.1) is 22.3 Å². The number of rotatable bonds is 6. The van der Waals surface area contributed by atoms with E-state index >= 15 is 0 Å². The third-order valence-electron chi connectivity index (χ3n) is 4.55. The second-order valence-electron chi connectivity index (χ2n) is 6.84. The molecule has 0 bridgehead atoms. The first kappa shape index (κ1) is 20.9. The first-order valence-electron chi connectivity index (χ1n) is 9.25. The Morgan fingerprint density at radius 1 is 1.00 bits per heavy atom. The van der Waals surface area contributed by atoms with E-state index in [1.165, 1.54) is 5.56 Å². The van der Waals surface area contributed by atoms with Crippen molar-refractivity contribution in [1.82, 2.24) is 0 Å². The number of methoxy groups -OCH3 is 1. The number of nitriles is 1. The molecule has 3 aromatic carbocycles. The van der Waals surface area contributed by atoms with Gasteiger partial charge in [-0.05, 0) is 71.3 Å². The standard InChI is InChI=1S/C25H22INO2/c1-17-4-8-19(9-5-17)16-29-25-23(26)13-20(14-24(25)28-3)12-22(15-27)21-10-6-18(2)7-11-21/h4-14H,16H2,1-3H3/b22-12+. The Morgan fingerprint density at radius 2 is 1.62 bits per heavy atom. The van der Waals surface area contributed by atoms with E-state index in [0.29, 0.717) is 23.7 Å². The molecule has 0 amide bonds. The Hall–Kier alpha value is -2.78. The lowest BCUT2D eigenvalue weighted by atomic mass is 10.0. The molecule has 0 heterocycles. The Labute approximate surface area is 185 Å². The molecule has 0 aliphatic carbocycles. The summed E-state index contributed by atoms with van der Waals surface area (Å²) in [6.45, 7) is 4.56. The predicted molar refractivity (Wildman–Crippen MR) is 126 cm³/mol. The summed E-state index contributed by atoms with van der Waals surface area (Å²) >= 11 is 2.24. The lowest BCUT2D eigenvalue weighted by molar-refractivity contribution is 0.282. The third-order valence-corrected chi connectivity index (χ3v) is 5.35. The number of benzene rings is 3. The monoisotopic (exact) mass is 495 g/mol. The van der Waals surface area contributed by atoms with Crippen LogP contribution in [0.4, 0.5) is 0 Å². The molecule has 3 aromatic rings. The summed E-state index contributed by atoms with van der Waals surface area (Å²) in [5, 5.41) is 9.61. The molecule has 0 saturated carbocycles. The predicted octanol–water partition coefficient (Wildman–Crippen LogP) is 6.56. The molecule has 0 saturated heterocycles. The molecule has 3 rings (SSSR count). The van der Waals surface area contributed by atoms with E-state index in [-0.39, 0.29) is 0 Å². The van der Waals surface area contributed by atoms with Crippen LogP contribution < -0.4 is 9.47 Å². The summed E-state index contributed by atoms with van der Waals surface area (Å²) < 4.78 is 12.6. The van der Waals surface area contributed by atoms with Crippen molar-refractivity contribution in [3.63, 3.8) is 0 Å². The van der Waals surface area contributed by atoms with Gasteiger partial charge < -0.3 is 9.47 Å². The Kier molecular flexibility index (Phi) is 6.95. The lowest BCUT2D eigenvalue weighted by Gasteiger charge is -2.14. The molecule has 4 heteroatoms. The number of nitrogens with zero attached hydrogens (tertiary/aromatic N) is 1. The number of allylic oxidation sites excluding steroid dienone is 1. The highest BCUT2D eigenvalue weighted by Gasteiger charge is 2.12. The first-order chi connectivity index (χ1) is 14.0. The molecule has 0 aliphatic rings. The smallest absolute Gasteiger partial charge is 0.174 e. The maximum atomic E-state index is 9.61. The van der Waals surface area contributed by atoms with Crippen LogP contribution in [0.15, 0.2) is 60.7 Å². The zero-order chi connectivity index (χ0) is 20.8. The van der Waals surface area contributed by atoms with Crippen molar-refractivity contribution in [2.24, 2.45) is 0 Å². The summed E-state index contributed by atoms with van der Waals surface area (Å²) in [5.41, 5.74) is 5.88. The largest absolute Gasteiger partial charge is 0.493 e. The molecule has 0 radical (unpaired) electrons. The van der Waals surface area contributed by atoms with Crippen LogP contribution >= 0.6 is 22.6 Å². The fourth-order valence-corrected chi connectivity index (χ4v) is 3.66. The van der Waals surface area contributed by atoms with Gasteiger partial charge in [-0.2, -0.15) is 5.26 Å². The van der Waals surface area contributed by atoms with Gasteiger partial charge in [-0.1, -0.05) is 59.7 Å². The van der Waals surface area contributed by atoms with Crippen LogP contribution in [-0.4, -0.2) is 7.11 Å². The molecule has 0 N–H and O–H groups in total. The number of ether oxygens (including phenoxy) is 2. The quantitative estimate of drug-likeness (QED) is 0.221. The molecule has 0 aliphatic heterocycles. The molecule has 0 unspecified atom stereocenters. The Balaban J connectivity index is 1.88. The summed E-state index contributed by atoms with van der Waals surface area (Å²) in [6, 6.07) is 22.4. The van der Waals surface area contributed by atoms with Gasteiger partial charge >= 0.3 is 0 Å². The molecular weight excluding hydrogens is 473 g/mol. The SMILES string of the molecule is COc1cc(/C=C(\C#N)c2ccc(C)cc2)cc(I)c1OCc1ccc(C)cc1. The van der Waals surface area contributed by atoms with Crippen molar-refractivity contribution in [2.45, 2.75) is 20.5 Å². The van der Waals surface area contributed by atoms with Crippen LogP contribution in [0.1, 0.15) is 27.8 Å². The molecule has 0 atom stereocenters. The average Bonchev–Trinajstić information content (AvgIpc) is 2.72. The van der Waals surface area contributed by atoms with Gasteiger partial charge in [0.2, 0.25) is 0 Å². The molecule has 0 aromatic heterocycles. The highest BCUT2D eigenvalue weighted by atomic mass is 127. The van der Waals surface area contributed by atoms with Crippen LogP contribution in [0.2, 0.25) is 0 Å². The molecule has 3 nitrogen and oxygen atoms in total. The van der Waals surface area contributed by atoms with E-state index in [4.69, 9.17) is 9.47 Å². The topological polar surface area (TPSA) is 42.2 Å². The van der Waals surface area contributed by atoms with E-state index < -0.39 is 0 Å². The summed E-state index contributed by atoms with van der Waals surface area (Å²) in [6.07, 6.45) is 1.87. The third kappa shape index (κ3) is 5.39. The van der Waals surface area contributed by atoms with Crippen LogP contribution in [0, 0.1) is 28.7 Å². The van der Waals surface area contributed by atoms with Gasteiger partial charge in [0.1, 0.15) is 6.61 Å². The molecule has 146 valence electrons. The van der Waals surface area contributed by atoms with Gasteiger partial charge in [-0.25, -0.2) is 0 Å². The number of hydrogen-bond donors (Lipinski definition) is 0. The van der Waals surface area contributed by atoms with E-state index in [9.17, 15) is 5.26 Å². The van der Waals surface area contributed by atoms with Gasteiger partial charge in [-0.3, -0.25) is 0 Å². The molecule has 0 fully saturated rings. The number of hydrogen-bond acceptors (Lipinski definition) is 3. The van der Waals surface area contributed by atoms with E-state index in [1.54, 1.807) is 7.11 Å². The van der Waals surface area contributed by atoms with Gasteiger partial charge in [0.15, 0.2) is 11.5 Å². The average molecular weight is 495 g/mol. The van der Waals surface area contributed by atoms with E-state index in [2.05, 4.69) is 59.8 Å². The first-order valence-corrected chi connectivity index (χ1v) is 10.3. The van der Waals surface area contributed by atoms with Crippen LogP contribution in [0.3, 0.4) is 0 Å². The normalized spacial score (nSPS) is 11.1. The van der Waals surface area contributed by atoms with Crippen molar-refractivity contribution in [2.75, 3.05) is 7.11 Å². The van der Waals surface area contributed by atoms with Gasteiger partial charge in [0.25, 0.3) is 0 Å². The van der Waals surface area contributed by atoms with Crippen molar-refractivity contribution in [3.8, 4) is 17.6 Å². The summed E-state index contributed by atoms with van der Waals surface area (Å²) in [7, 11) is 1.63. The minimum atomic E-state index is 0.467. The number of aryl methyl sites for hydroxylation is 2. The van der Waals surface area contributed by atoms with Crippen molar-refractivity contribution >= 4 is 34.2 Å². The Morgan fingerprint density at radius 3 is 2.21 bits per heavy atom. The minimum Gasteiger partial charge on any atom is -0.493 e. The summed E-state index contributed by atoms with van der Waals surface area (Å²) in [4.78, 5) is 0. The van der Waals surface area contributed by atoms with Crippen molar-refractivity contribution in [1.29, 1.82) is 5.26 Å². The van der Waals surface area contributed by atoms with Crippen LogP contribution in [0.5, 0.6) is 11.5 Å². The highest BCUT2D eigenvalue weighted by molar-refractivity contribution is 14.1.